The Morgan fingerprint density at radius 1 is 1.12 bits per heavy atom. The van der Waals surface area contributed by atoms with Crippen LogP contribution in [0.2, 0.25) is 0 Å². The molecule has 1 amide bonds. The Kier molecular flexibility index (Phi) is 7.54. The van der Waals surface area contributed by atoms with Gasteiger partial charge < -0.3 is 14.8 Å². The van der Waals surface area contributed by atoms with E-state index in [0.29, 0.717) is 11.7 Å². The predicted molar refractivity (Wildman–Crippen MR) is 116 cm³/mol. The van der Waals surface area contributed by atoms with E-state index in [1.165, 1.54) is 22.4 Å². The number of nitrogens with one attached hydrogen (secondary N) is 1. The standard InChI is InChI=1S/C22H22F2N4O5/c1-14(2)15-3-5-18(6-4-15)33-13-27-8-7-20(26-27)22(29)25-16-9-17(28(30)31)11-19(10-16)32-12-21(23)24/h3-11,14,21H,12-13H2,1-2H3,(H,25,29). The molecule has 0 unspecified atom stereocenters. The number of rotatable bonds is 10. The average molecular weight is 460 g/mol. The Balaban J connectivity index is 1.64. The molecule has 0 atom stereocenters. The van der Waals surface area contributed by atoms with Crippen molar-refractivity contribution in [3.63, 3.8) is 0 Å². The van der Waals surface area contributed by atoms with Gasteiger partial charge in [0.15, 0.2) is 12.4 Å². The van der Waals surface area contributed by atoms with E-state index in [1.807, 2.05) is 24.3 Å². The van der Waals surface area contributed by atoms with Crippen LogP contribution < -0.4 is 14.8 Å². The largest absolute Gasteiger partial charge is 0.487 e. The summed E-state index contributed by atoms with van der Waals surface area (Å²) in [5, 5.41) is 17.7. The molecule has 3 aromatic rings. The van der Waals surface area contributed by atoms with Crippen molar-refractivity contribution in [2.24, 2.45) is 0 Å². The molecule has 11 heteroatoms. The fraction of sp³-hybridized carbons (Fsp3) is 0.273. The first-order valence-electron chi connectivity index (χ1n) is 9.99. The Morgan fingerprint density at radius 3 is 2.48 bits per heavy atom. The fourth-order valence-corrected chi connectivity index (χ4v) is 2.84. The lowest BCUT2D eigenvalue weighted by Gasteiger charge is -2.09. The zero-order valence-electron chi connectivity index (χ0n) is 17.9. The van der Waals surface area contributed by atoms with Gasteiger partial charge in [-0.25, -0.2) is 13.5 Å². The number of benzene rings is 2. The van der Waals surface area contributed by atoms with Crippen molar-refractivity contribution in [2.45, 2.75) is 32.9 Å². The lowest BCUT2D eigenvalue weighted by Crippen LogP contribution is -2.15. The number of anilines is 1. The number of nitrogens with zero attached hydrogens (tertiary/aromatic N) is 3. The molecule has 0 bridgehead atoms. The maximum absolute atomic E-state index is 12.5. The van der Waals surface area contributed by atoms with Crippen molar-refractivity contribution < 1.29 is 28.0 Å². The molecule has 33 heavy (non-hydrogen) atoms. The highest BCUT2D eigenvalue weighted by Crippen LogP contribution is 2.27. The topological polar surface area (TPSA) is 109 Å². The highest BCUT2D eigenvalue weighted by molar-refractivity contribution is 6.03. The van der Waals surface area contributed by atoms with Gasteiger partial charge in [-0.3, -0.25) is 14.9 Å². The third-order valence-corrected chi connectivity index (χ3v) is 4.52. The smallest absolute Gasteiger partial charge is 0.276 e. The van der Waals surface area contributed by atoms with Crippen LogP contribution in [0.4, 0.5) is 20.2 Å². The molecule has 2 aromatic carbocycles. The zero-order valence-corrected chi connectivity index (χ0v) is 17.9. The number of aromatic nitrogens is 2. The van der Waals surface area contributed by atoms with Gasteiger partial charge >= 0.3 is 0 Å². The Labute approximate surface area is 188 Å². The second-order valence-electron chi connectivity index (χ2n) is 7.37. The van der Waals surface area contributed by atoms with Crippen molar-refractivity contribution in [1.82, 2.24) is 9.78 Å². The van der Waals surface area contributed by atoms with Gasteiger partial charge in [0.2, 0.25) is 0 Å². The van der Waals surface area contributed by atoms with Crippen LogP contribution in [0.25, 0.3) is 0 Å². The number of carbonyl (C=O) groups excluding carboxylic acids is 1. The number of carbonyl (C=O) groups is 1. The third-order valence-electron chi connectivity index (χ3n) is 4.52. The number of nitro groups is 1. The highest BCUT2D eigenvalue weighted by Gasteiger charge is 2.16. The number of nitro benzene ring substituents is 1. The van der Waals surface area contributed by atoms with Gasteiger partial charge in [-0.15, -0.1) is 0 Å². The van der Waals surface area contributed by atoms with Gasteiger partial charge in [0.25, 0.3) is 18.0 Å². The van der Waals surface area contributed by atoms with E-state index in [1.54, 1.807) is 6.20 Å². The van der Waals surface area contributed by atoms with Gasteiger partial charge in [-0.2, -0.15) is 5.10 Å². The number of non-ortho nitro benzene ring substituents is 1. The van der Waals surface area contributed by atoms with Crippen LogP contribution in [-0.4, -0.2) is 33.6 Å². The summed E-state index contributed by atoms with van der Waals surface area (Å²) in [6, 6.07) is 12.4. The molecular weight excluding hydrogens is 438 g/mol. The van der Waals surface area contributed by atoms with E-state index in [4.69, 9.17) is 9.47 Å². The molecule has 0 aliphatic rings. The van der Waals surface area contributed by atoms with Crippen LogP contribution in [0, 0.1) is 10.1 Å². The quantitative estimate of drug-likeness (QED) is 0.342. The van der Waals surface area contributed by atoms with Crippen molar-refractivity contribution in [3.05, 3.63) is 76.1 Å². The summed E-state index contributed by atoms with van der Waals surface area (Å²) in [5.41, 5.74) is 0.814. The van der Waals surface area contributed by atoms with Gasteiger partial charge in [0.1, 0.15) is 18.1 Å². The van der Waals surface area contributed by atoms with E-state index in [-0.39, 0.29) is 23.9 Å². The van der Waals surface area contributed by atoms with Crippen LogP contribution in [-0.2, 0) is 6.73 Å². The molecule has 0 fully saturated rings. The molecule has 174 valence electrons. The number of hydrogen-bond acceptors (Lipinski definition) is 6. The average Bonchev–Trinajstić information content (AvgIpc) is 3.25. The zero-order chi connectivity index (χ0) is 24.0. The van der Waals surface area contributed by atoms with Crippen LogP contribution in [0.1, 0.15) is 35.8 Å². The molecule has 1 N–H and O–H groups in total. The van der Waals surface area contributed by atoms with Crippen molar-refractivity contribution >= 4 is 17.3 Å². The molecule has 9 nitrogen and oxygen atoms in total. The number of ether oxygens (including phenoxy) is 2. The Morgan fingerprint density at radius 2 is 1.85 bits per heavy atom. The maximum Gasteiger partial charge on any atom is 0.276 e. The maximum atomic E-state index is 12.5. The van der Waals surface area contributed by atoms with Crippen LogP contribution in [0.5, 0.6) is 11.5 Å². The summed E-state index contributed by atoms with van der Waals surface area (Å²) < 4.78 is 36.7. The lowest BCUT2D eigenvalue weighted by atomic mass is 10.0. The molecule has 3 rings (SSSR count). The van der Waals surface area contributed by atoms with Crippen LogP contribution >= 0.6 is 0 Å². The molecule has 0 aliphatic heterocycles. The summed E-state index contributed by atoms with van der Waals surface area (Å²) in [5.74, 6) is 0.246. The first-order valence-corrected chi connectivity index (χ1v) is 9.99. The van der Waals surface area contributed by atoms with Gasteiger partial charge in [-0.05, 0) is 29.7 Å². The normalized spacial score (nSPS) is 11.0. The minimum Gasteiger partial charge on any atom is -0.487 e. The van der Waals surface area contributed by atoms with E-state index in [0.717, 1.165) is 12.1 Å². The number of halogens is 2. The van der Waals surface area contributed by atoms with Gasteiger partial charge in [0, 0.05) is 18.3 Å². The monoisotopic (exact) mass is 460 g/mol. The van der Waals surface area contributed by atoms with E-state index in [9.17, 15) is 23.7 Å². The Bertz CT molecular complexity index is 1120. The lowest BCUT2D eigenvalue weighted by molar-refractivity contribution is -0.384. The molecule has 0 radical (unpaired) electrons. The first-order chi connectivity index (χ1) is 15.7. The predicted octanol–water partition coefficient (Wildman–Crippen LogP) is 4.85. The molecule has 0 spiro atoms. The second kappa shape index (κ2) is 10.5. The summed E-state index contributed by atoms with van der Waals surface area (Å²) in [7, 11) is 0. The minimum atomic E-state index is -2.75. The molecule has 0 aliphatic carbocycles. The SMILES string of the molecule is CC(C)c1ccc(OCn2ccc(C(=O)Nc3cc(OCC(F)F)cc([N+](=O)[O-])c3)n2)cc1. The van der Waals surface area contributed by atoms with Crippen molar-refractivity contribution in [2.75, 3.05) is 11.9 Å². The van der Waals surface area contributed by atoms with Gasteiger partial charge in [-0.1, -0.05) is 26.0 Å². The van der Waals surface area contributed by atoms with E-state index in [2.05, 4.69) is 24.3 Å². The van der Waals surface area contributed by atoms with Crippen molar-refractivity contribution in [1.29, 1.82) is 0 Å². The first kappa shape index (κ1) is 23.6. The molecule has 1 heterocycles. The summed E-state index contributed by atoms with van der Waals surface area (Å²) >= 11 is 0. The molecular formula is C22H22F2N4O5. The van der Waals surface area contributed by atoms with Crippen LogP contribution in [0.3, 0.4) is 0 Å². The number of hydrogen-bond donors (Lipinski definition) is 1. The summed E-state index contributed by atoms with van der Waals surface area (Å²) in [6.45, 7) is 3.32. The number of alkyl halides is 2. The number of amides is 1. The van der Waals surface area contributed by atoms with Crippen LogP contribution in [0.15, 0.2) is 54.7 Å². The highest BCUT2D eigenvalue weighted by atomic mass is 19.3. The fourth-order valence-electron chi connectivity index (χ4n) is 2.84. The molecule has 1 aromatic heterocycles. The van der Waals surface area contributed by atoms with Crippen molar-refractivity contribution in [3.8, 4) is 11.5 Å². The summed E-state index contributed by atoms with van der Waals surface area (Å²) in [6.07, 6.45) is -1.20. The van der Waals surface area contributed by atoms with E-state index < -0.39 is 29.6 Å². The Hall–Kier alpha value is -4.02. The van der Waals surface area contributed by atoms with E-state index >= 15 is 0 Å². The molecule has 0 saturated heterocycles. The minimum absolute atomic E-state index is 0.00880. The second-order valence-corrected chi connectivity index (χ2v) is 7.37. The molecule has 0 saturated carbocycles. The van der Waals surface area contributed by atoms with Gasteiger partial charge in [0.05, 0.1) is 16.7 Å². The summed E-state index contributed by atoms with van der Waals surface area (Å²) in [4.78, 5) is 22.9. The third kappa shape index (κ3) is 6.73.